The summed E-state index contributed by atoms with van der Waals surface area (Å²) in [4.78, 5) is 27.8. The van der Waals surface area contributed by atoms with Gasteiger partial charge in [0.05, 0.1) is 42.0 Å². The molecule has 174 valence electrons. The molecule has 2 saturated heterocycles. The van der Waals surface area contributed by atoms with E-state index in [2.05, 4.69) is 0 Å². The Bertz CT molecular complexity index is 1100. The van der Waals surface area contributed by atoms with Crippen LogP contribution >= 0.6 is 23.2 Å². The van der Waals surface area contributed by atoms with Crippen LogP contribution in [-0.2, 0) is 14.3 Å². The van der Waals surface area contributed by atoms with Crippen molar-refractivity contribution in [2.75, 3.05) is 27.4 Å². The molecular weight excluding hydrogens is 469 g/mol. The number of benzene rings is 2. The fourth-order valence-electron chi connectivity index (χ4n) is 4.34. The number of ketones is 1. The molecule has 0 spiro atoms. The van der Waals surface area contributed by atoms with E-state index in [1.807, 2.05) is 0 Å². The van der Waals surface area contributed by atoms with Crippen LogP contribution in [0.3, 0.4) is 0 Å². The number of rotatable bonds is 6. The molecule has 0 aliphatic carbocycles. The number of amides is 1. The highest BCUT2D eigenvalue weighted by molar-refractivity contribution is 6.46. The van der Waals surface area contributed by atoms with Crippen molar-refractivity contribution >= 4 is 40.7 Å². The zero-order chi connectivity index (χ0) is 23.7. The lowest BCUT2D eigenvalue weighted by Gasteiger charge is -2.28. The van der Waals surface area contributed by atoms with E-state index in [0.717, 1.165) is 12.8 Å². The molecule has 2 aliphatic heterocycles. The predicted octanol–water partition coefficient (Wildman–Crippen LogP) is 4.61. The summed E-state index contributed by atoms with van der Waals surface area (Å²) in [5, 5.41) is 11.6. The number of aliphatic hydroxyl groups is 1. The van der Waals surface area contributed by atoms with E-state index >= 15 is 0 Å². The summed E-state index contributed by atoms with van der Waals surface area (Å²) < 4.78 is 16.4. The molecule has 2 aromatic carbocycles. The number of methoxy groups -OCH3 is 2. The van der Waals surface area contributed by atoms with E-state index in [-0.39, 0.29) is 45.3 Å². The number of ether oxygens (including phenoxy) is 3. The largest absolute Gasteiger partial charge is 0.507 e. The molecule has 9 heteroatoms. The van der Waals surface area contributed by atoms with E-state index in [9.17, 15) is 14.7 Å². The Morgan fingerprint density at radius 2 is 1.85 bits per heavy atom. The molecule has 2 aliphatic rings. The van der Waals surface area contributed by atoms with Crippen LogP contribution in [0.15, 0.2) is 42.0 Å². The molecule has 1 N–H and O–H groups in total. The maximum absolute atomic E-state index is 13.2. The minimum Gasteiger partial charge on any atom is -0.507 e. The third-order valence-electron chi connectivity index (χ3n) is 5.87. The lowest BCUT2D eigenvalue weighted by Crippen LogP contribution is -2.36. The van der Waals surface area contributed by atoms with E-state index in [1.54, 1.807) is 24.3 Å². The number of halogens is 2. The highest BCUT2D eigenvalue weighted by Crippen LogP contribution is 2.44. The van der Waals surface area contributed by atoms with Gasteiger partial charge in [0.2, 0.25) is 0 Å². The number of likely N-dealkylation sites (tertiary alicyclic amines) is 1. The molecular formula is C24H23Cl2NO6. The molecule has 0 aromatic heterocycles. The Morgan fingerprint density at radius 1 is 1.15 bits per heavy atom. The first-order chi connectivity index (χ1) is 15.9. The third-order valence-corrected chi connectivity index (χ3v) is 6.44. The highest BCUT2D eigenvalue weighted by Gasteiger charge is 2.48. The summed E-state index contributed by atoms with van der Waals surface area (Å²) in [6.07, 6.45) is 1.48. The van der Waals surface area contributed by atoms with Crippen molar-refractivity contribution in [2.24, 2.45) is 0 Å². The van der Waals surface area contributed by atoms with Gasteiger partial charge in [-0.25, -0.2) is 0 Å². The van der Waals surface area contributed by atoms with Crippen molar-refractivity contribution in [3.05, 3.63) is 63.1 Å². The number of hydrogen-bond acceptors (Lipinski definition) is 6. The molecule has 2 atom stereocenters. The minimum atomic E-state index is -0.870. The van der Waals surface area contributed by atoms with Crippen molar-refractivity contribution in [3.8, 4) is 11.5 Å². The van der Waals surface area contributed by atoms with Crippen molar-refractivity contribution in [1.82, 2.24) is 4.90 Å². The van der Waals surface area contributed by atoms with Crippen LogP contribution in [0.25, 0.3) is 5.76 Å². The maximum Gasteiger partial charge on any atom is 0.295 e. The van der Waals surface area contributed by atoms with Gasteiger partial charge in [-0.1, -0.05) is 41.4 Å². The molecule has 33 heavy (non-hydrogen) atoms. The molecule has 0 bridgehead atoms. The predicted molar refractivity (Wildman–Crippen MR) is 124 cm³/mol. The van der Waals surface area contributed by atoms with Gasteiger partial charge in [0, 0.05) is 24.3 Å². The van der Waals surface area contributed by atoms with Crippen molar-refractivity contribution in [3.63, 3.8) is 0 Å². The monoisotopic (exact) mass is 491 g/mol. The van der Waals surface area contributed by atoms with Gasteiger partial charge in [-0.2, -0.15) is 0 Å². The van der Waals surface area contributed by atoms with Gasteiger partial charge in [-0.05, 0) is 31.0 Å². The molecule has 2 fully saturated rings. The van der Waals surface area contributed by atoms with E-state index in [1.165, 1.54) is 31.3 Å². The van der Waals surface area contributed by atoms with Crippen LogP contribution in [0.4, 0.5) is 0 Å². The lowest BCUT2D eigenvalue weighted by atomic mass is 9.94. The minimum absolute atomic E-state index is 0.0696. The summed E-state index contributed by atoms with van der Waals surface area (Å²) in [7, 11) is 2.93. The fourth-order valence-corrected chi connectivity index (χ4v) is 4.98. The molecule has 1 amide bonds. The van der Waals surface area contributed by atoms with Gasteiger partial charge in [0.1, 0.15) is 11.5 Å². The second-order valence-electron chi connectivity index (χ2n) is 7.80. The molecule has 2 unspecified atom stereocenters. The number of aliphatic hydroxyl groups excluding tert-OH is 1. The van der Waals surface area contributed by atoms with E-state index < -0.39 is 17.7 Å². The average Bonchev–Trinajstić information content (AvgIpc) is 3.40. The fraction of sp³-hybridized carbons (Fsp3) is 0.333. The number of nitrogens with zero attached hydrogens (tertiary/aromatic N) is 1. The number of para-hydroxylation sites is 1. The van der Waals surface area contributed by atoms with Crippen LogP contribution in [0.5, 0.6) is 11.5 Å². The second-order valence-corrected chi connectivity index (χ2v) is 8.62. The summed E-state index contributed by atoms with van der Waals surface area (Å²) in [6, 6.07) is 9.08. The highest BCUT2D eigenvalue weighted by atomic mass is 35.5. The summed E-state index contributed by atoms with van der Waals surface area (Å²) in [5.41, 5.74) is 0.699. The molecule has 0 radical (unpaired) electrons. The normalized spacial score (nSPS) is 22.1. The van der Waals surface area contributed by atoms with Gasteiger partial charge in [0.25, 0.3) is 11.7 Å². The van der Waals surface area contributed by atoms with Crippen LogP contribution in [0.2, 0.25) is 10.0 Å². The second kappa shape index (κ2) is 9.63. The maximum atomic E-state index is 13.2. The quantitative estimate of drug-likeness (QED) is 0.360. The van der Waals surface area contributed by atoms with Crippen molar-refractivity contribution < 1.29 is 28.9 Å². The van der Waals surface area contributed by atoms with Crippen LogP contribution in [0, 0.1) is 0 Å². The molecule has 2 aromatic rings. The third kappa shape index (κ3) is 4.28. The average molecular weight is 492 g/mol. The first-order valence-electron chi connectivity index (χ1n) is 10.4. The summed E-state index contributed by atoms with van der Waals surface area (Å²) in [5.74, 6) is -1.17. The standard InChI is InChI=1S/C24H23Cl2NO6/c1-31-18-8-4-3-7-15(18)20-19(21(28)13-10-16(25)23(32-2)17(26)11-13)22(29)24(30)27(20)12-14-6-5-9-33-14/h3-4,7-8,10-11,14,20,28H,5-6,9,12H2,1-2H3/b21-19+. The Hall–Kier alpha value is -2.74. The topological polar surface area (TPSA) is 85.3 Å². The SMILES string of the molecule is COc1ccccc1C1/C(=C(\O)c2cc(Cl)c(OC)c(Cl)c2)C(=O)C(=O)N1CC1CCCO1. The smallest absolute Gasteiger partial charge is 0.295 e. The van der Waals surface area contributed by atoms with Crippen LogP contribution < -0.4 is 9.47 Å². The Kier molecular flexibility index (Phi) is 6.83. The first-order valence-corrected chi connectivity index (χ1v) is 11.2. The zero-order valence-electron chi connectivity index (χ0n) is 18.1. The van der Waals surface area contributed by atoms with Gasteiger partial charge in [-0.15, -0.1) is 0 Å². The van der Waals surface area contributed by atoms with Crippen LogP contribution in [-0.4, -0.2) is 55.2 Å². The van der Waals surface area contributed by atoms with Gasteiger partial charge >= 0.3 is 0 Å². The van der Waals surface area contributed by atoms with E-state index in [4.69, 9.17) is 37.4 Å². The Morgan fingerprint density at radius 3 is 2.45 bits per heavy atom. The van der Waals surface area contributed by atoms with Gasteiger partial charge in [-0.3, -0.25) is 9.59 Å². The molecule has 0 saturated carbocycles. The molecule has 7 nitrogen and oxygen atoms in total. The number of carbonyl (C=O) groups is 2. The number of hydrogen-bond donors (Lipinski definition) is 1. The van der Waals surface area contributed by atoms with E-state index in [0.29, 0.717) is 17.9 Å². The molecule has 4 rings (SSSR count). The van der Waals surface area contributed by atoms with Gasteiger partial charge in [0.15, 0.2) is 5.75 Å². The first kappa shape index (κ1) is 23.4. The van der Waals surface area contributed by atoms with Crippen LogP contribution in [0.1, 0.15) is 30.0 Å². The Labute approximate surface area is 201 Å². The van der Waals surface area contributed by atoms with Crippen molar-refractivity contribution in [1.29, 1.82) is 0 Å². The zero-order valence-corrected chi connectivity index (χ0v) is 19.7. The van der Waals surface area contributed by atoms with Crippen molar-refractivity contribution in [2.45, 2.75) is 25.0 Å². The number of carbonyl (C=O) groups excluding carboxylic acids is 2. The Balaban J connectivity index is 1.89. The summed E-state index contributed by atoms with van der Waals surface area (Å²) in [6.45, 7) is 0.824. The molecule has 2 heterocycles. The summed E-state index contributed by atoms with van der Waals surface area (Å²) >= 11 is 12.5. The number of Topliss-reactive ketones (excluding diaryl/α,β-unsaturated/α-hetero) is 1. The van der Waals surface area contributed by atoms with Gasteiger partial charge < -0.3 is 24.2 Å². The lowest BCUT2D eigenvalue weighted by molar-refractivity contribution is -0.140.